The summed E-state index contributed by atoms with van der Waals surface area (Å²) in [5.41, 5.74) is 0.785. The molecule has 1 aromatic rings. The fraction of sp³-hybridized carbons (Fsp3) is 0.524. The predicted octanol–water partition coefficient (Wildman–Crippen LogP) is 4.90. The molecule has 0 N–H and O–H groups in total. The molecule has 0 radical (unpaired) electrons. The minimum Gasteiger partial charge on any atom is -0.460 e. The van der Waals surface area contributed by atoms with Crippen molar-refractivity contribution in [1.29, 1.82) is 0 Å². The van der Waals surface area contributed by atoms with Gasteiger partial charge in [-0.1, -0.05) is 50.9 Å². The molecule has 0 saturated heterocycles. The van der Waals surface area contributed by atoms with Crippen molar-refractivity contribution in [2.24, 2.45) is 17.8 Å². The molecule has 142 valence electrons. The van der Waals surface area contributed by atoms with Crippen LogP contribution in [0.4, 0.5) is 0 Å². The zero-order chi connectivity index (χ0) is 19.1. The number of carbonyl (C=O) groups is 2. The summed E-state index contributed by atoms with van der Waals surface area (Å²) in [7, 11) is 0. The summed E-state index contributed by atoms with van der Waals surface area (Å²) in [5, 5.41) is 0.588. The van der Waals surface area contributed by atoms with Crippen LogP contribution in [-0.2, 0) is 19.1 Å². The minimum atomic E-state index is -0.584. The Balaban J connectivity index is 1.81. The van der Waals surface area contributed by atoms with Crippen LogP contribution in [0.2, 0.25) is 5.02 Å². The Kier molecular flexibility index (Phi) is 7.70. The van der Waals surface area contributed by atoms with Crippen molar-refractivity contribution in [3.63, 3.8) is 0 Å². The number of carbonyl (C=O) groups excluding carboxylic acids is 2. The lowest BCUT2D eigenvalue weighted by Gasteiger charge is -2.36. The molecule has 1 fully saturated rings. The summed E-state index contributed by atoms with van der Waals surface area (Å²) in [6, 6.07) is 7.10. The number of hydrogen-bond donors (Lipinski definition) is 0. The fourth-order valence-electron chi connectivity index (χ4n) is 3.41. The molecule has 0 aliphatic heterocycles. The lowest BCUT2D eigenvalue weighted by Crippen LogP contribution is -2.36. The average Bonchev–Trinajstić information content (AvgIpc) is 2.58. The molecular weight excluding hydrogens is 352 g/mol. The van der Waals surface area contributed by atoms with Gasteiger partial charge in [0.15, 0.2) is 6.61 Å². The molecule has 1 aliphatic rings. The van der Waals surface area contributed by atoms with E-state index in [2.05, 4.69) is 20.8 Å². The van der Waals surface area contributed by atoms with Gasteiger partial charge in [0.1, 0.15) is 6.10 Å². The van der Waals surface area contributed by atoms with Crippen LogP contribution in [0.15, 0.2) is 30.3 Å². The van der Waals surface area contributed by atoms with Crippen LogP contribution in [0.3, 0.4) is 0 Å². The Morgan fingerprint density at radius 1 is 1.31 bits per heavy atom. The highest BCUT2D eigenvalue weighted by Gasteiger charge is 2.33. The maximum absolute atomic E-state index is 12.1. The molecule has 3 unspecified atom stereocenters. The van der Waals surface area contributed by atoms with Gasteiger partial charge in [-0.2, -0.15) is 0 Å². The lowest BCUT2D eigenvalue weighted by molar-refractivity contribution is -0.165. The monoisotopic (exact) mass is 378 g/mol. The van der Waals surface area contributed by atoms with E-state index in [0.29, 0.717) is 22.8 Å². The van der Waals surface area contributed by atoms with Crippen LogP contribution >= 0.6 is 11.6 Å². The van der Waals surface area contributed by atoms with E-state index in [9.17, 15) is 9.59 Å². The topological polar surface area (TPSA) is 52.6 Å². The van der Waals surface area contributed by atoms with Gasteiger partial charge in [0.05, 0.1) is 0 Å². The van der Waals surface area contributed by atoms with Gasteiger partial charge in [-0.15, -0.1) is 0 Å². The second-order valence-corrected chi connectivity index (χ2v) is 7.79. The van der Waals surface area contributed by atoms with Crippen LogP contribution in [0.25, 0.3) is 6.08 Å². The number of halogens is 1. The second kappa shape index (κ2) is 9.77. The third kappa shape index (κ3) is 6.49. The Morgan fingerprint density at radius 2 is 2.08 bits per heavy atom. The molecule has 0 heterocycles. The second-order valence-electron chi connectivity index (χ2n) is 7.35. The normalized spacial score (nSPS) is 23.2. The van der Waals surface area contributed by atoms with Gasteiger partial charge in [0, 0.05) is 11.1 Å². The molecule has 4 nitrogen and oxygen atoms in total. The number of hydrogen-bond acceptors (Lipinski definition) is 4. The van der Waals surface area contributed by atoms with Crippen molar-refractivity contribution < 1.29 is 19.1 Å². The standard InChI is InChI=1S/C21H27ClO4/c1-14(2)18-9-7-15(3)11-19(18)26-21(24)13-25-20(23)10-8-16-5-4-6-17(22)12-16/h4-6,8,10,12,14-15,18-19H,7,9,11,13H2,1-3H3. The summed E-state index contributed by atoms with van der Waals surface area (Å²) in [6.45, 7) is 6.12. The van der Waals surface area contributed by atoms with Crippen molar-refractivity contribution in [3.05, 3.63) is 40.9 Å². The highest BCUT2D eigenvalue weighted by molar-refractivity contribution is 6.30. The Bertz CT molecular complexity index is 653. The lowest BCUT2D eigenvalue weighted by atomic mass is 9.75. The van der Waals surface area contributed by atoms with E-state index in [1.807, 2.05) is 6.07 Å². The first-order valence-electron chi connectivity index (χ1n) is 9.15. The van der Waals surface area contributed by atoms with Gasteiger partial charge in [-0.3, -0.25) is 0 Å². The third-order valence-corrected chi connectivity index (χ3v) is 5.07. The first kappa shape index (κ1) is 20.5. The maximum atomic E-state index is 12.1. The first-order valence-corrected chi connectivity index (χ1v) is 9.53. The summed E-state index contributed by atoms with van der Waals surface area (Å²) >= 11 is 5.89. The number of benzene rings is 1. The highest BCUT2D eigenvalue weighted by Crippen LogP contribution is 2.35. The zero-order valence-corrected chi connectivity index (χ0v) is 16.4. The number of ether oxygens (including phenoxy) is 2. The molecule has 1 aromatic carbocycles. The Hall–Kier alpha value is -1.81. The SMILES string of the molecule is CC1CCC(C(C)C)C(OC(=O)COC(=O)C=Cc2cccc(Cl)c2)C1. The van der Waals surface area contributed by atoms with Gasteiger partial charge in [-0.05, 0) is 54.4 Å². The van der Waals surface area contributed by atoms with Crippen LogP contribution in [0.5, 0.6) is 0 Å². The van der Waals surface area contributed by atoms with Gasteiger partial charge >= 0.3 is 11.9 Å². The smallest absolute Gasteiger partial charge is 0.344 e. The molecule has 0 bridgehead atoms. The quantitative estimate of drug-likeness (QED) is 0.521. The summed E-state index contributed by atoms with van der Waals surface area (Å²) in [5.74, 6) is 0.307. The van der Waals surface area contributed by atoms with Crippen molar-refractivity contribution in [2.45, 2.75) is 46.1 Å². The molecule has 3 atom stereocenters. The molecular formula is C21H27ClO4. The van der Waals surface area contributed by atoms with E-state index in [-0.39, 0.29) is 12.7 Å². The number of rotatable bonds is 6. The van der Waals surface area contributed by atoms with E-state index >= 15 is 0 Å². The Labute approximate surface area is 160 Å². The summed E-state index contributed by atoms with van der Waals surface area (Å²) in [4.78, 5) is 23.8. The van der Waals surface area contributed by atoms with Crippen molar-refractivity contribution >= 4 is 29.6 Å². The first-order chi connectivity index (χ1) is 12.3. The summed E-state index contributed by atoms with van der Waals surface area (Å²) in [6.07, 6.45) is 5.89. The van der Waals surface area contributed by atoms with Crippen LogP contribution in [0, 0.1) is 17.8 Å². The van der Waals surface area contributed by atoms with Gasteiger partial charge in [0.25, 0.3) is 0 Å². The third-order valence-electron chi connectivity index (χ3n) is 4.84. The molecule has 26 heavy (non-hydrogen) atoms. The van der Waals surface area contributed by atoms with E-state index < -0.39 is 11.9 Å². The maximum Gasteiger partial charge on any atom is 0.344 e. The molecule has 0 amide bonds. The number of esters is 2. The molecule has 0 spiro atoms. The fourth-order valence-corrected chi connectivity index (χ4v) is 3.60. The van der Waals surface area contributed by atoms with Crippen molar-refractivity contribution in [1.82, 2.24) is 0 Å². The van der Waals surface area contributed by atoms with Gasteiger partial charge < -0.3 is 9.47 Å². The molecule has 1 saturated carbocycles. The molecule has 1 aliphatic carbocycles. The van der Waals surface area contributed by atoms with E-state index in [1.165, 1.54) is 12.5 Å². The molecule has 2 rings (SSSR count). The largest absolute Gasteiger partial charge is 0.460 e. The zero-order valence-electron chi connectivity index (χ0n) is 15.6. The molecule has 5 heteroatoms. The van der Waals surface area contributed by atoms with Crippen LogP contribution in [0.1, 0.15) is 45.6 Å². The van der Waals surface area contributed by atoms with Gasteiger partial charge in [0.2, 0.25) is 0 Å². The van der Waals surface area contributed by atoms with E-state index in [1.54, 1.807) is 24.3 Å². The average molecular weight is 379 g/mol. The van der Waals surface area contributed by atoms with Crippen LogP contribution in [-0.4, -0.2) is 24.6 Å². The predicted molar refractivity (Wildman–Crippen MR) is 103 cm³/mol. The Morgan fingerprint density at radius 3 is 2.77 bits per heavy atom. The van der Waals surface area contributed by atoms with Crippen LogP contribution < -0.4 is 0 Å². The van der Waals surface area contributed by atoms with E-state index in [0.717, 1.165) is 18.4 Å². The van der Waals surface area contributed by atoms with Gasteiger partial charge in [-0.25, -0.2) is 9.59 Å². The van der Waals surface area contributed by atoms with Crippen molar-refractivity contribution in [3.8, 4) is 0 Å². The van der Waals surface area contributed by atoms with E-state index in [4.69, 9.17) is 21.1 Å². The minimum absolute atomic E-state index is 0.0908. The summed E-state index contributed by atoms with van der Waals surface area (Å²) < 4.78 is 10.6. The molecule has 0 aromatic heterocycles. The van der Waals surface area contributed by atoms with Crippen molar-refractivity contribution in [2.75, 3.05) is 6.61 Å². The highest BCUT2D eigenvalue weighted by atomic mass is 35.5.